The summed E-state index contributed by atoms with van der Waals surface area (Å²) >= 11 is 0. The van der Waals surface area contributed by atoms with Crippen molar-refractivity contribution in [3.8, 4) is 11.4 Å². The van der Waals surface area contributed by atoms with Gasteiger partial charge in [0, 0.05) is 25.3 Å². The van der Waals surface area contributed by atoms with E-state index in [1.807, 2.05) is 18.2 Å². The zero-order valence-electron chi connectivity index (χ0n) is 17.5. The van der Waals surface area contributed by atoms with E-state index in [9.17, 15) is 9.59 Å². The van der Waals surface area contributed by atoms with E-state index in [0.717, 1.165) is 31.4 Å². The van der Waals surface area contributed by atoms with Crippen molar-refractivity contribution in [3.05, 3.63) is 36.2 Å². The first-order valence-corrected chi connectivity index (χ1v) is 11.3. The maximum Gasteiger partial charge on any atom is 0.271 e. The van der Waals surface area contributed by atoms with E-state index in [1.165, 1.54) is 32.1 Å². The van der Waals surface area contributed by atoms with Gasteiger partial charge in [-0.3, -0.25) is 19.7 Å². The van der Waals surface area contributed by atoms with E-state index >= 15 is 0 Å². The highest BCUT2D eigenvalue weighted by molar-refractivity contribution is 5.93. The standard InChI is InChI=1S/C23H31N5O2/c29-22(25-18-10-4-2-1-3-5-11-18)17-9-8-14-28(16-17)23(30)21-15-20(26-27-21)19-12-6-7-13-24-19/h6-7,12-13,15,17-18H,1-5,8-11,14,16H2,(H,25,29)(H,26,27). The van der Waals surface area contributed by atoms with Gasteiger partial charge < -0.3 is 10.2 Å². The number of hydrogen-bond acceptors (Lipinski definition) is 4. The van der Waals surface area contributed by atoms with Crippen molar-refractivity contribution in [3.63, 3.8) is 0 Å². The first-order chi connectivity index (χ1) is 14.7. The number of carbonyl (C=O) groups is 2. The van der Waals surface area contributed by atoms with Crippen LogP contribution in [0, 0.1) is 5.92 Å². The van der Waals surface area contributed by atoms with E-state index in [4.69, 9.17) is 0 Å². The van der Waals surface area contributed by atoms with Gasteiger partial charge in [0.1, 0.15) is 11.4 Å². The highest BCUT2D eigenvalue weighted by atomic mass is 16.2. The molecule has 2 amide bonds. The molecular formula is C23H31N5O2. The van der Waals surface area contributed by atoms with Crippen molar-refractivity contribution in [1.82, 2.24) is 25.4 Å². The number of piperidine rings is 1. The van der Waals surface area contributed by atoms with E-state index < -0.39 is 0 Å². The lowest BCUT2D eigenvalue weighted by atomic mass is 9.93. The molecule has 160 valence electrons. The van der Waals surface area contributed by atoms with Gasteiger partial charge in [-0.25, -0.2) is 0 Å². The monoisotopic (exact) mass is 409 g/mol. The van der Waals surface area contributed by atoms with Crippen LogP contribution in [0.4, 0.5) is 0 Å². The highest BCUT2D eigenvalue weighted by Gasteiger charge is 2.30. The molecule has 1 aliphatic carbocycles. The van der Waals surface area contributed by atoms with Gasteiger partial charge in [0.05, 0.1) is 11.6 Å². The average molecular weight is 410 g/mol. The van der Waals surface area contributed by atoms with Crippen molar-refractivity contribution in [2.24, 2.45) is 5.92 Å². The number of carbonyl (C=O) groups excluding carboxylic acids is 2. The lowest BCUT2D eigenvalue weighted by Crippen LogP contribution is -2.47. The molecule has 1 aliphatic heterocycles. The second-order valence-electron chi connectivity index (χ2n) is 8.52. The van der Waals surface area contributed by atoms with Gasteiger partial charge in [-0.05, 0) is 43.9 Å². The van der Waals surface area contributed by atoms with Crippen LogP contribution in [0.1, 0.15) is 68.3 Å². The van der Waals surface area contributed by atoms with E-state index in [2.05, 4.69) is 20.5 Å². The Morgan fingerprint density at radius 2 is 1.80 bits per heavy atom. The lowest BCUT2D eigenvalue weighted by molar-refractivity contribution is -0.127. The molecule has 2 aliphatic rings. The fourth-order valence-corrected chi connectivity index (χ4v) is 4.54. The Morgan fingerprint density at radius 3 is 2.57 bits per heavy atom. The second kappa shape index (κ2) is 9.87. The number of hydrogen-bond donors (Lipinski definition) is 2. The molecule has 0 radical (unpaired) electrons. The molecule has 0 spiro atoms. The number of nitrogens with one attached hydrogen (secondary N) is 2. The second-order valence-corrected chi connectivity index (χ2v) is 8.52. The third-order valence-electron chi connectivity index (χ3n) is 6.27. The van der Waals surface area contributed by atoms with Gasteiger partial charge in [-0.2, -0.15) is 5.10 Å². The number of nitrogens with zero attached hydrogens (tertiary/aromatic N) is 3. The summed E-state index contributed by atoms with van der Waals surface area (Å²) in [6, 6.07) is 7.63. The molecule has 1 atom stereocenters. The normalized spacial score (nSPS) is 20.9. The summed E-state index contributed by atoms with van der Waals surface area (Å²) in [7, 11) is 0. The molecule has 2 aromatic heterocycles. The summed E-state index contributed by atoms with van der Waals surface area (Å²) in [4.78, 5) is 31.9. The van der Waals surface area contributed by atoms with Crippen molar-refractivity contribution in [2.45, 2.75) is 63.8 Å². The van der Waals surface area contributed by atoms with Crippen LogP contribution in [0.15, 0.2) is 30.5 Å². The molecule has 0 aromatic carbocycles. The number of rotatable bonds is 4. The number of aromatic amines is 1. The quantitative estimate of drug-likeness (QED) is 0.808. The Morgan fingerprint density at radius 1 is 1.00 bits per heavy atom. The third kappa shape index (κ3) is 5.07. The smallest absolute Gasteiger partial charge is 0.271 e. The molecule has 1 saturated heterocycles. The molecular weight excluding hydrogens is 378 g/mol. The number of likely N-dealkylation sites (tertiary alicyclic amines) is 1. The Balaban J connectivity index is 1.35. The molecule has 7 nitrogen and oxygen atoms in total. The number of pyridine rings is 1. The van der Waals surface area contributed by atoms with Gasteiger partial charge in [-0.15, -0.1) is 0 Å². The Bertz CT molecular complexity index is 842. The Hall–Kier alpha value is -2.70. The molecule has 2 fully saturated rings. The number of aromatic nitrogens is 3. The molecule has 7 heteroatoms. The minimum atomic E-state index is -0.133. The summed E-state index contributed by atoms with van der Waals surface area (Å²) in [5.41, 5.74) is 1.81. The van der Waals surface area contributed by atoms with Crippen LogP contribution in [-0.2, 0) is 4.79 Å². The molecule has 0 bridgehead atoms. The van der Waals surface area contributed by atoms with Gasteiger partial charge >= 0.3 is 0 Å². The van der Waals surface area contributed by atoms with Gasteiger partial charge in [0.25, 0.3) is 5.91 Å². The zero-order valence-corrected chi connectivity index (χ0v) is 17.5. The van der Waals surface area contributed by atoms with Crippen molar-refractivity contribution in [1.29, 1.82) is 0 Å². The summed E-state index contributed by atoms with van der Waals surface area (Å²) in [5.74, 6) is -0.128. The molecule has 3 heterocycles. The topological polar surface area (TPSA) is 91.0 Å². The Labute approximate surface area is 177 Å². The minimum absolute atomic E-state index is 0.104. The van der Waals surface area contributed by atoms with Crippen molar-refractivity contribution >= 4 is 11.8 Å². The fourth-order valence-electron chi connectivity index (χ4n) is 4.54. The van der Waals surface area contributed by atoms with Gasteiger partial charge in [0.15, 0.2) is 0 Å². The fraction of sp³-hybridized carbons (Fsp3) is 0.565. The molecule has 2 N–H and O–H groups in total. The summed E-state index contributed by atoms with van der Waals surface area (Å²) < 4.78 is 0. The maximum absolute atomic E-state index is 13.0. The highest BCUT2D eigenvalue weighted by Crippen LogP contribution is 2.22. The maximum atomic E-state index is 13.0. The molecule has 1 saturated carbocycles. The first-order valence-electron chi connectivity index (χ1n) is 11.3. The van der Waals surface area contributed by atoms with Crippen LogP contribution >= 0.6 is 0 Å². The molecule has 4 rings (SSSR count). The van der Waals surface area contributed by atoms with Crippen LogP contribution < -0.4 is 5.32 Å². The van der Waals surface area contributed by atoms with Crippen LogP contribution in [0.2, 0.25) is 0 Å². The minimum Gasteiger partial charge on any atom is -0.353 e. The van der Waals surface area contributed by atoms with Crippen LogP contribution in [0.25, 0.3) is 11.4 Å². The number of H-pyrrole nitrogens is 1. The van der Waals surface area contributed by atoms with Crippen molar-refractivity contribution < 1.29 is 9.59 Å². The predicted octanol–water partition coefficient (Wildman–Crippen LogP) is 3.55. The van der Waals surface area contributed by atoms with Gasteiger partial charge in [-0.1, -0.05) is 38.2 Å². The first kappa shape index (κ1) is 20.6. The predicted molar refractivity (Wildman–Crippen MR) is 115 cm³/mol. The molecule has 2 aromatic rings. The summed E-state index contributed by atoms with van der Waals surface area (Å²) in [6.07, 6.45) is 11.8. The summed E-state index contributed by atoms with van der Waals surface area (Å²) in [6.45, 7) is 1.14. The third-order valence-corrected chi connectivity index (χ3v) is 6.27. The largest absolute Gasteiger partial charge is 0.353 e. The van der Waals surface area contributed by atoms with Gasteiger partial charge in [0.2, 0.25) is 5.91 Å². The van der Waals surface area contributed by atoms with Crippen molar-refractivity contribution in [2.75, 3.05) is 13.1 Å². The number of amides is 2. The lowest BCUT2D eigenvalue weighted by Gasteiger charge is -2.33. The summed E-state index contributed by atoms with van der Waals surface area (Å²) in [5, 5.41) is 10.4. The zero-order chi connectivity index (χ0) is 20.8. The van der Waals surface area contributed by atoms with Crippen LogP contribution in [0.3, 0.4) is 0 Å². The van der Waals surface area contributed by atoms with E-state index in [-0.39, 0.29) is 23.8 Å². The average Bonchev–Trinajstić information content (AvgIpc) is 3.26. The SMILES string of the molecule is O=C(NC1CCCCCCC1)C1CCCN(C(=O)c2cc(-c3ccccn3)n[nH]2)C1. The van der Waals surface area contributed by atoms with E-state index in [1.54, 1.807) is 17.2 Å². The molecule has 1 unspecified atom stereocenters. The Kier molecular flexibility index (Phi) is 6.77. The van der Waals surface area contributed by atoms with Crippen LogP contribution in [-0.4, -0.2) is 51.0 Å². The van der Waals surface area contributed by atoms with E-state index in [0.29, 0.717) is 24.5 Å². The molecule has 30 heavy (non-hydrogen) atoms. The van der Waals surface area contributed by atoms with Crippen LogP contribution in [0.5, 0.6) is 0 Å².